The standard InChI is InChI=1S/C8H15N3O2/c1-8(2,12)7-6-11(10-9-7)4-5-13-3/h6,12H,4-5H2,1-3H3. The summed E-state index contributed by atoms with van der Waals surface area (Å²) in [5.41, 5.74) is -0.352. The van der Waals surface area contributed by atoms with Gasteiger partial charge in [0.15, 0.2) is 0 Å². The van der Waals surface area contributed by atoms with E-state index in [0.29, 0.717) is 18.8 Å². The van der Waals surface area contributed by atoms with E-state index >= 15 is 0 Å². The molecule has 0 saturated heterocycles. The third-order valence-electron chi connectivity index (χ3n) is 1.69. The molecule has 1 aromatic heterocycles. The molecule has 0 spiro atoms. The third kappa shape index (κ3) is 2.78. The fraction of sp³-hybridized carbons (Fsp3) is 0.750. The zero-order valence-electron chi connectivity index (χ0n) is 8.19. The predicted molar refractivity (Wildman–Crippen MR) is 47.1 cm³/mol. The topological polar surface area (TPSA) is 60.2 Å². The first kappa shape index (κ1) is 10.1. The van der Waals surface area contributed by atoms with Crippen LogP contribution in [0, 0.1) is 0 Å². The lowest BCUT2D eigenvalue weighted by Crippen LogP contribution is -2.15. The van der Waals surface area contributed by atoms with Crippen LogP contribution in [-0.2, 0) is 16.9 Å². The molecular weight excluding hydrogens is 170 g/mol. The van der Waals surface area contributed by atoms with Crippen LogP contribution < -0.4 is 0 Å². The first-order valence-electron chi connectivity index (χ1n) is 4.16. The number of hydrogen-bond donors (Lipinski definition) is 1. The number of aliphatic hydroxyl groups is 1. The van der Waals surface area contributed by atoms with Gasteiger partial charge in [-0.2, -0.15) is 0 Å². The molecule has 0 aromatic carbocycles. The maximum atomic E-state index is 9.58. The first-order valence-corrected chi connectivity index (χ1v) is 4.16. The van der Waals surface area contributed by atoms with Crippen molar-refractivity contribution in [2.24, 2.45) is 0 Å². The number of nitrogens with zero attached hydrogens (tertiary/aromatic N) is 3. The molecule has 0 fully saturated rings. The zero-order valence-corrected chi connectivity index (χ0v) is 8.19. The Labute approximate surface area is 77.3 Å². The molecule has 1 heterocycles. The number of aromatic nitrogens is 3. The van der Waals surface area contributed by atoms with Gasteiger partial charge in [-0.1, -0.05) is 5.21 Å². The van der Waals surface area contributed by atoms with E-state index in [1.54, 1.807) is 31.8 Å². The second-order valence-electron chi connectivity index (χ2n) is 3.42. The van der Waals surface area contributed by atoms with Gasteiger partial charge >= 0.3 is 0 Å². The Balaban J connectivity index is 2.64. The zero-order chi connectivity index (χ0) is 9.90. The average Bonchev–Trinajstić information content (AvgIpc) is 2.47. The molecule has 0 saturated carbocycles. The van der Waals surface area contributed by atoms with Gasteiger partial charge in [0.1, 0.15) is 11.3 Å². The predicted octanol–water partition coefficient (Wildman–Crippen LogP) is 0.152. The molecule has 0 unspecified atom stereocenters. The van der Waals surface area contributed by atoms with Crippen molar-refractivity contribution in [3.05, 3.63) is 11.9 Å². The lowest BCUT2D eigenvalue weighted by molar-refractivity contribution is 0.0737. The Hall–Kier alpha value is -0.940. The van der Waals surface area contributed by atoms with Crippen molar-refractivity contribution in [3.63, 3.8) is 0 Å². The van der Waals surface area contributed by atoms with E-state index < -0.39 is 5.60 Å². The highest BCUT2D eigenvalue weighted by Gasteiger charge is 2.19. The summed E-state index contributed by atoms with van der Waals surface area (Å²) in [4.78, 5) is 0. The van der Waals surface area contributed by atoms with E-state index in [0.717, 1.165) is 0 Å². The molecule has 13 heavy (non-hydrogen) atoms. The van der Waals surface area contributed by atoms with E-state index in [-0.39, 0.29) is 0 Å². The van der Waals surface area contributed by atoms with E-state index in [1.165, 1.54) is 0 Å². The molecule has 5 nitrogen and oxygen atoms in total. The average molecular weight is 185 g/mol. The van der Waals surface area contributed by atoms with Crippen molar-refractivity contribution in [2.75, 3.05) is 13.7 Å². The third-order valence-corrected chi connectivity index (χ3v) is 1.69. The lowest BCUT2D eigenvalue weighted by atomic mass is 10.1. The van der Waals surface area contributed by atoms with Crippen LogP contribution in [0.15, 0.2) is 6.20 Å². The summed E-state index contributed by atoms with van der Waals surface area (Å²) in [6, 6.07) is 0. The van der Waals surface area contributed by atoms with Gasteiger partial charge in [0.05, 0.1) is 19.3 Å². The quantitative estimate of drug-likeness (QED) is 0.725. The highest BCUT2D eigenvalue weighted by Crippen LogP contribution is 2.15. The summed E-state index contributed by atoms with van der Waals surface area (Å²) < 4.78 is 6.54. The smallest absolute Gasteiger partial charge is 0.114 e. The van der Waals surface area contributed by atoms with Crippen molar-refractivity contribution in [3.8, 4) is 0 Å². The summed E-state index contributed by atoms with van der Waals surface area (Å²) in [7, 11) is 1.63. The van der Waals surface area contributed by atoms with Crippen LogP contribution >= 0.6 is 0 Å². The van der Waals surface area contributed by atoms with Gasteiger partial charge in [0.25, 0.3) is 0 Å². The molecule has 0 atom stereocenters. The molecule has 0 amide bonds. The summed E-state index contributed by atoms with van der Waals surface area (Å²) in [6.45, 7) is 4.60. The number of rotatable bonds is 4. The van der Waals surface area contributed by atoms with Crippen LogP contribution in [0.25, 0.3) is 0 Å². The largest absolute Gasteiger partial charge is 0.384 e. The minimum absolute atomic E-state index is 0.573. The van der Waals surface area contributed by atoms with Gasteiger partial charge in [-0.05, 0) is 13.8 Å². The highest BCUT2D eigenvalue weighted by molar-refractivity contribution is 5.02. The van der Waals surface area contributed by atoms with Crippen LogP contribution in [0.3, 0.4) is 0 Å². The van der Waals surface area contributed by atoms with Crippen LogP contribution in [-0.4, -0.2) is 33.8 Å². The summed E-state index contributed by atoms with van der Waals surface area (Å²) in [6.07, 6.45) is 1.72. The van der Waals surface area contributed by atoms with Gasteiger partial charge in [0.2, 0.25) is 0 Å². The van der Waals surface area contributed by atoms with Crippen molar-refractivity contribution < 1.29 is 9.84 Å². The Morgan fingerprint density at radius 1 is 1.62 bits per heavy atom. The molecule has 0 radical (unpaired) electrons. The van der Waals surface area contributed by atoms with Crippen LogP contribution in [0.2, 0.25) is 0 Å². The molecule has 1 aromatic rings. The number of methoxy groups -OCH3 is 1. The van der Waals surface area contributed by atoms with Crippen LogP contribution in [0.4, 0.5) is 0 Å². The summed E-state index contributed by atoms with van der Waals surface area (Å²) in [5.74, 6) is 0. The van der Waals surface area contributed by atoms with Crippen LogP contribution in [0.5, 0.6) is 0 Å². The van der Waals surface area contributed by atoms with Gasteiger partial charge in [-0.25, -0.2) is 4.68 Å². The van der Waals surface area contributed by atoms with Crippen molar-refractivity contribution in [1.29, 1.82) is 0 Å². The fourth-order valence-corrected chi connectivity index (χ4v) is 0.873. The molecular formula is C8H15N3O2. The lowest BCUT2D eigenvalue weighted by Gasteiger charge is -2.11. The Morgan fingerprint density at radius 3 is 2.77 bits per heavy atom. The molecule has 74 valence electrons. The second-order valence-corrected chi connectivity index (χ2v) is 3.42. The monoisotopic (exact) mass is 185 g/mol. The van der Waals surface area contributed by atoms with Crippen LogP contribution in [0.1, 0.15) is 19.5 Å². The number of ether oxygens (including phenoxy) is 1. The fourth-order valence-electron chi connectivity index (χ4n) is 0.873. The maximum Gasteiger partial charge on any atom is 0.114 e. The minimum Gasteiger partial charge on any atom is -0.384 e. The van der Waals surface area contributed by atoms with Gasteiger partial charge in [0, 0.05) is 7.11 Å². The normalized spacial score (nSPS) is 12.0. The van der Waals surface area contributed by atoms with Gasteiger partial charge in [-0.15, -0.1) is 5.10 Å². The molecule has 0 aliphatic heterocycles. The molecule has 0 aliphatic rings. The second kappa shape index (κ2) is 3.85. The molecule has 1 N–H and O–H groups in total. The summed E-state index contributed by atoms with van der Waals surface area (Å²) >= 11 is 0. The summed E-state index contributed by atoms with van der Waals surface area (Å²) in [5, 5.41) is 17.3. The van der Waals surface area contributed by atoms with Crippen molar-refractivity contribution in [2.45, 2.75) is 26.0 Å². The Morgan fingerprint density at radius 2 is 2.31 bits per heavy atom. The first-order chi connectivity index (χ1) is 6.04. The van der Waals surface area contributed by atoms with E-state index in [1.807, 2.05) is 0 Å². The highest BCUT2D eigenvalue weighted by atomic mass is 16.5. The number of hydrogen-bond acceptors (Lipinski definition) is 4. The van der Waals surface area contributed by atoms with E-state index in [9.17, 15) is 5.11 Å². The van der Waals surface area contributed by atoms with E-state index in [2.05, 4.69) is 10.3 Å². The van der Waals surface area contributed by atoms with Crippen molar-refractivity contribution in [1.82, 2.24) is 15.0 Å². The Bertz CT molecular complexity index is 265. The van der Waals surface area contributed by atoms with Gasteiger partial charge < -0.3 is 9.84 Å². The SMILES string of the molecule is COCCn1cc(C(C)(C)O)nn1. The molecule has 0 aliphatic carbocycles. The molecule has 1 rings (SSSR count). The molecule has 5 heteroatoms. The Kier molecular flexibility index (Phi) is 3.00. The molecule has 0 bridgehead atoms. The van der Waals surface area contributed by atoms with Crippen molar-refractivity contribution >= 4 is 0 Å². The maximum absolute atomic E-state index is 9.58. The van der Waals surface area contributed by atoms with Gasteiger partial charge in [-0.3, -0.25) is 0 Å². The van der Waals surface area contributed by atoms with E-state index in [4.69, 9.17) is 4.74 Å². The minimum atomic E-state index is -0.925.